The fourth-order valence-corrected chi connectivity index (χ4v) is 0.973. The van der Waals surface area contributed by atoms with Crippen LogP contribution in [0.5, 0.6) is 0 Å². The van der Waals surface area contributed by atoms with Gasteiger partial charge in [-0.25, -0.2) is 0 Å². The highest BCUT2D eigenvalue weighted by Gasteiger charge is 1.95. The Bertz CT molecular complexity index is 142. The van der Waals surface area contributed by atoms with Gasteiger partial charge < -0.3 is 14.6 Å². The largest absolute Gasteiger partial charge is 0.391 e. The predicted molar refractivity (Wildman–Crippen MR) is 62.9 cm³/mol. The fraction of sp³-hybridized carbons (Fsp3) is 0.917. The summed E-state index contributed by atoms with van der Waals surface area (Å²) in [5, 5.41) is 8.65. The molecule has 15 heavy (non-hydrogen) atoms. The molecule has 0 aliphatic carbocycles. The lowest BCUT2D eigenvalue weighted by Gasteiger charge is -2.02. The van der Waals surface area contributed by atoms with Crippen LogP contribution in [-0.4, -0.2) is 30.2 Å². The molecule has 0 heterocycles. The third kappa shape index (κ3) is 24.7. The first-order valence-corrected chi connectivity index (χ1v) is 5.65. The summed E-state index contributed by atoms with van der Waals surface area (Å²) in [6, 6.07) is 0. The van der Waals surface area contributed by atoms with Gasteiger partial charge in [0.05, 0.1) is 12.7 Å². The van der Waals surface area contributed by atoms with E-state index in [0.717, 1.165) is 19.4 Å². The minimum atomic E-state index is -0.318. The molecule has 92 valence electrons. The molecule has 0 spiro atoms. The molecule has 0 saturated carbocycles. The number of hydrogen-bond donors (Lipinski definition) is 1. The van der Waals surface area contributed by atoms with Crippen LogP contribution in [0.4, 0.5) is 0 Å². The van der Waals surface area contributed by atoms with Gasteiger partial charge in [0.2, 0.25) is 0 Å². The second-order valence-electron chi connectivity index (χ2n) is 4.22. The van der Waals surface area contributed by atoms with Crippen LogP contribution in [0.2, 0.25) is 0 Å². The monoisotopic (exact) mass is 218 g/mol. The molecule has 0 aliphatic heterocycles. The Labute approximate surface area is 93.8 Å². The van der Waals surface area contributed by atoms with Crippen molar-refractivity contribution in [3.8, 4) is 0 Å². The topological polar surface area (TPSA) is 46.5 Å². The molecule has 3 heteroatoms. The summed E-state index contributed by atoms with van der Waals surface area (Å²) in [4.78, 5) is 10.3. The quantitative estimate of drug-likeness (QED) is 0.696. The number of aliphatic hydroxyl groups excluding tert-OH is 1. The van der Waals surface area contributed by atoms with E-state index in [4.69, 9.17) is 9.84 Å². The first-order chi connectivity index (χ1) is 6.90. The zero-order chi connectivity index (χ0) is 12.3. The second kappa shape index (κ2) is 11.7. The molecule has 0 aliphatic rings. The third-order valence-electron chi connectivity index (χ3n) is 1.40. The Kier molecular flexibility index (Phi) is 13.2. The average molecular weight is 218 g/mol. The highest BCUT2D eigenvalue weighted by molar-refractivity contribution is 5.75. The van der Waals surface area contributed by atoms with Crippen LogP contribution < -0.4 is 0 Å². The van der Waals surface area contributed by atoms with Gasteiger partial charge in [-0.2, -0.15) is 0 Å². The number of ketones is 1. The molecule has 0 aromatic carbocycles. The summed E-state index contributed by atoms with van der Waals surface area (Å²) in [5.74, 6) is 0.813. The lowest BCUT2D eigenvalue weighted by molar-refractivity contribution is -0.117. The molecule has 0 aromatic rings. The van der Waals surface area contributed by atoms with E-state index in [9.17, 15) is 4.79 Å². The minimum Gasteiger partial charge on any atom is -0.391 e. The van der Waals surface area contributed by atoms with Gasteiger partial charge in [0.15, 0.2) is 0 Å². The van der Waals surface area contributed by atoms with Crippen LogP contribution in [-0.2, 0) is 9.53 Å². The molecular formula is C12H26O3. The Hall–Kier alpha value is -0.410. The zero-order valence-electron chi connectivity index (χ0n) is 10.7. The van der Waals surface area contributed by atoms with E-state index < -0.39 is 0 Å². The maximum atomic E-state index is 10.3. The van der Waals surface area contributed by atoms with Crippen molar-refractivity contribution in [2.24, 2.45) is 5.92 Å². The van der Waals surface area contributed by atoms with Crippen molar-refractivity contribution in [2.45, 2.75) is 53.6 Å². The summed E-state index contributed by atoms with van der Waals surface area (Å²) < 4.78 is 4.99. The molecule has 0 saturated heterocycles. The van der Waals surface area contributed by atoms with Crippen LogP contribution in [0.15, 0.2) is 0 Å². The van der Waals surface area contributed by atoms with Crippen molar-refractivity contribution in [3.05, 3.63) is 0 Å². The zero-order valence-corrected chi connectivity index (χ0v) is 10.7. The van der Waals surface area contributed by atoms with Crippen molar-refractivity contribution in [2.75, 3.05) is 13.2 Å². The number of hydrogen-bond acceptors (Lipinski definition) is 3. The standard InChI is InChI=1S/C6H14O2.C6H12O/c1-3-4-8-5-6(2)7;1-5(2)4-6(3)7/h6-7H,3-5H2,1-2H3;5H,4H2,1-3H3. The van der Waals surface area contributed by atoms with Gasteiger partial charge in [0.1, 0.15) is 5.78 Å². The van der Waals surface area contributed by atoms with E-state index in [1.165, 1.54) is 0 Å². The van der Waals surface area contributed by atoms with E-state index >= 15 is 0 Å². The van der Waals surface area contributed by atoms with Crippen LogP contribution in [0.3, 0.4) is 0 Å². The minimum absolute atomic E-state index is 0.287. The Morgan fingerprint density at radius 2 is 1.87 bits per heavy atom. The van der Waals surface area contributed by atoms with Crippen LogP contribution in [0.1, 0.15) is 47.5 Å². The summed E-state index contributed by atoms with van der Waals surface area (Å²) >= 11 is 0. The highest BCUT2D eigenvalue weighted by Crippen LogP contribution is 1.97. The van der Waals surface area contributed by atoms with E-state index in [0.29, 0.717) is 12.5 Å². The molecule has 1 atom stereocenters. The van der Waals surface area contributed by atoms with E-state index in [2.05, 4.69) is 0 Å². The average Bonchev–Trinajstić information content (AvgIpc) is 2.02. The predicted octanol–water partition coefficient (Wildman–Crippen LogP) is 2.42. The molecule has 3 nitrogen and oxygen atoms in total. The van der Waals surface area contributed by atoms with E-state index in [1.807, 2.05) is 20.8 Å². The van der Waals surface area contributed by atoms with Gasteiger partial charge in [0.25, 0.3) is 0 Å². The summed E-state index contributed by atoms with van der Waals surface area (Å²) in [5.41, 5.74) is 0. The number of aliphatic hydroxyl groups is 1. The van der Waals surface area contributed by atoms with Crippen molar-refractivity contribution >= 4 is 5.78 Å². The molecular weight excluding hydrogens is 192 g/mol. The van der Waals surface area contributed by atoms with Gasteiger partial charge in [0, 0.05) is 13.0 Å². The van der Waals surface area contributed by atoms with Crippen LogP contribution >= 0.6 is 0 Å². The molecule has 0 fully saturated rings. The molecule has 1 unspecified atom stereocenters. The number of Topliss-reactive ketones (excluding diaryl/α,β-unsaturated/α-hetero) is 1. The van der Waals surface area contributed by atoms with E-state index in [-0.39, 0.29) is 11.9 Å². The van der Waals surface area contributed by atoms with E-state index in [1.54, 1.807) is 13.8 Å². The third-order valence-corrected chi connectivity index (χ3v) is 1.40. The summed E-state index contributed by atoms with van der Waals surface area (Å²) in [7, 11) is 0. The van der Waals surface area contributed by atoms with Crippen molar-refractivity contribution in [1.82, 2.24) is 0 Å². The molecule has 0 rings (SSSR count). The highest BCUT2D eigenvalue weighted by atomic mass is 16.5. The molecule has 0 bridgehead atoms. The van der Waals surface area contributed by atoms with Gasteiger partial charge in [-0.3, -0.25) is 0 Å². The van der Waals surface area contributed by atoms with Crippen molar-refractivity contribution < 1.29 is 14.6 Å². The van der Waals surface area contributed by atoms with Crippen molar-refractivity contribution in [3.63, 3.8) is 0 Å². The van der Waals surface area contributed by atoms with Gasteiger partial charge in [-0.1, -0.05) is 20.8 Å². The lowest BCUT2D eigenvalue weighted by Crippen LogP contribution is -2.10. The maximum Gasteiger partial charge on any atom is 0.130 e. The van der Waals surface area contributed by atoms with Gasteiger partial charge in [-0.05, 0) is 26.2 Å². The second-order valence-corrected chi connectivity index (χ2v) is 4.22. The molecule has 0 amide bonds. The number of rotatable bonds is 6. The number of ether oxygens (including phenoxy) is 1. The summed E-state index contributed by atoms with van der Waals surface area (Å²) in [6.07, 6.45) is 1.42. The maximum absolute atomic E-state index is 10.3. The molecule has 0 aromatic heterocycles. The Balaban J connectivity index is 0. The van der Waals surface area contributed by atoms with Gasteiger partial charge in [-0.15, -0.1) is 0 Å². The summed E-state index contributed by atoms with van der Waals surface area (Å²) in [6.45, 7) is 10.7. The normalized spacial score (nSPS) is 11.9. The van der Waals surface area contributed by atoms with Crippen LogP contribution in [0.25, 0.3) is 0 Å². The fourth-order valence-electron chi connectivity index (χ4n) is 0.973. The Morgan fingerprint density at radius 1 is 1.33 bits per heavy atom. The SMILES string of the molecule is CC(=O)CC(C)C.CCCOCC(C)O. The van der Waals surface area contributed by atoms with Gasteiger partial charge >= 0.3 is 0 Å². The number of carbonyl (C=O) groups excluding carboxylic acids is 1. The first kappa shape index (κ1) is 17.0. The molecule has 0 radical (unpaired) electrons. The molecule has 1 N–H and O–H groups in total. The lowest BCUT2D eigenvalue weighted by atomic mass is 10.1. The first-order valence-electron chi connectivity index (χ1n) is 5.65. The van der Waals surface area contributed by atoms with Crippen molar-refractivity contribution in [1.29, 1.82) is 0 Å². The smallest absolute Gasteiger partial charge is 0.130 e. The van der Waals surface area contributed by atoms with Crippen LogP contribution in [0, 0.1) is 5.92 Å². The Morgan fingerprint density at radius 3 is 2.07 bits per heavy atom. The number of carbonyl (C=O) groups is 1.